The van der Waals surface area contributed by atoms with Crippen molar-refractivity contribution >= 4 is 17.5 Å². The van der Waals surface area contributed by atoms with Crippen molar-refractivity contribution in [2.75, 3.05) is 44.7 Å². The molecule has 0 radical (unpaired) electrons. The lowest BCUT2D eigenvalue weighted by atomic mass is 9.99. The minimum absolute atomic E-state index is 0.0637. The SMILES string of the molecule is CCCN(C)c1ccc(-c2ccc(C(=O)N3CCN(C(=O)C4(O)CC4)CC3)cc2)cc1CN=O. The zero-order chi connectivity index (χ0) is 24.3. The number of carbonyl (C=O) groups is 2. The molecule has 0 spiro atoms. The van der Waals surface area contributed by atoms with Crippen LogP contribution < -0.4 is 4.90 Å². The Hall–Kier alpha value is -3.26. The summed E-state index contributed by atoms with van der Waals surface area (Å²) >= 11 is 0. The van der Waals surface area contributed by atoms with Crippen LogP contribution in [-0.4, -0.2) is 72.1 Å². The van der Waals surface area contributed by atoms with Crippen LogP contribution in [0.5, 0.6) is 0 Å². The monoisotopic (exact) mass is 464 g/mol. The molecule has 1 aliphatic carbocycles. The van der Waals surface area contributed by atoms with Crippen molar-refractivity contribution in [3.63, 3.8) is 0 Å². The van der Waals surface area contributed by atoms with Gasteiger partial charge in [0.2, 0.25) is 0 Å². The molecule has 1 heterocycles. The summed E-state index contributed by atoms with van der Waals surface area (Å²) in [4.78, 5) is 41.8. The maximum absolute atomic E-state index is 13.0. The molecular formula is C26H32N4O4. The van der Waals surface area contributed by atoms with Crippen LogP contribution in [0.15, 0.2) is 47.6 Å². The standard InChI is InChI=1S/C26H32N4O4/c1-3-12-28(2)23-9-8-21(17-22(23)18-27-34)19-4-6-20(7-5-19)24(31)29-13-15-30(16-14-29)25(32)26(33)10-11-26/h4-9,17,33H,3,10-16,18H2,1-2H3. The van der Waals surface area contributed by atoms with Gasteiger partial charge in [0.25, 0.3) is 11.8 Å². The Morgan fingerprint density at radius 2 is 1.62 bits per heavy atom. The molecule has 1 N–H and O–H groups in total. The van der Waals surface area contributed by atoms with Crippen molar-refractivity contribution in [3.8, 4) is 11.1 Å². The number of aliphatic hydroxyl groups is 1. The zero-order valence-corrected chi connectivity index (χ0v) is 19.9. The van der Waals surface area contributed by atoms with Gasteiger partial charge in [-0.1, -0.05) is 30.3 Å². The van der Waals surface area contributed by atoms with E-state index in [9.17, 15) is 19.6 Å². The maximum atomic E-state index is 13.0. The second kappa shape index (κ2) is 9.93. The number of rotatable bonds is 8. The number of nitrogens with zero attached hydrogens (tertiary/aromatic N) is 4. The second-order valence-corrected chi connectivity index (χ2v) is 9.25. The summed E-state index contributed by atoms with van der Waals surface area (Å²) in [6.45, 7) is 4.91. The predicted molar refractivity (Wildman–Crippen MR) is 132 cm³/mol. The zero-order valence-electron chi connectivity index (χ0n) is 19.9. The highest BCUT2D eigenvalue weighted by molar-refractivity contribution is 5.95. The van der Waals surface area contributed by atoms with Crippen molar-refractivity contribution < 1.29 is 14.7 Å². The van der Waals surface area contributed by atoms with Gasteiger partial charge in [0.1, 0.15) is 12.1 Å². The molecule has 0 bridgehead atoms. The lowest BCUT2D eigenvalue weighted by molar-refractivity contribution is -0.143. The average molecular weight is 465 g/mol. The van der Waals surface area contributed by atoms with Crippen LogP contribution in [0.3, 0.4) is 0 Å². The quantitative estimate of drug-likeness (QED) is 0.605. The van der Waals surface area contributed by atoms with Gasteiger partial charge in [0.05, 0.1) is 0 Å². The van der Waals surface area contributed by atoms with Crippen molar-refractivity contribution in [2.24, 2.45) is 5.18 Å². The Morgan fingerprint density at radius 3 is 2.21 bits per heavy atom. The number of hydrogen-bond acceptors (Lipinski definition) is 6. The molecule has 2 aliphatic rings. The highest BCUT2D eigenvalue weighted by Gasteiger charge is 2.50. The highest BCUT2D eigenvalue weighted by Crippen LogP contribution is 2.37. The number of anilines is 1. The van der Waals surface area contributed by atoms with Crippen LogP contribution in [0.25, 0.3) is 11.1 Å². The third-order valence-corrected chi connectivity index (χ3v) is 6.73. The highest BCUT2D eigenvalue weighted by atomic mass is 16.3. The number of carbonyl (C=O) groups excluding carboxylic acids is 2. The van der Waals surface area contributed by atoms with E-state index in [2.05, 4.69) is 17.0 Å². The van der Waals surface area contributed by atoms with E-state index in [1.807, 2.05) is 49.5 Å². The Morgan fingerprint density at radius 1 is 1.00 bits per heavy atom. The lowest BCUT2D eigenvalue weighted by Gasteiger charge is -2.35. The molecule has 8 nitrogen and oxygen atoms in total. The van der Waals surface area contributed by atoms with Crippen LogP contribution >= 0.6 is 0 Å². The fraction of sp³-hybridized carbons (Fsp3) is 0.462. The van der Waals surface area contributed by atoms with Gasteiger partial charge in [0, 0.05) is 56.6 Å². The first kappa shape index (κ1) is 23.9. The molecule has 2 aromatic rings. The molecule has 2 fully saturated rings. The molecule has 0 unspecified atom stereocenters. The minimum atomic E-state index is -1.16. The van der Waals surface area contributed by atoms with Crippen LogP contribution in [0.1, 0.15) is 42.1 Å². The van der Waals surface area contributed by atoms with E-state index in [0.29, 0.717) is 44.6 Å². The summed E-state index contributed by atoms with van der Waals surface area (Å²) in [5.74, 6) is -0.272. The molecule has 0 atom stereocenters. The van der Waals surface area contributed by atoms with Gasteiger partial charge in [-0.25, -0.2) is 0 Å². The van der Waals surface area contributed by atoms with E-state index in [0.717, 1.165) is 35.3 Å². The summed E-state index contributed by atoms with van der Waals surface area (Å²) in [6.07, 6.45) is 2.07. The summed E-state index contributed by atoms with van der Waals surface area (Å²) in [7, 11) is 2.01. The number of benzene rings is 2. The Labute approximate surface area is 200 Å². The first-order chi connectivity index (χ1) is 16.4. The van der Waals surface area contributed by atoms with Gasteiger partial charge < -0.3 is 19.8 Å². The number of nitroso groups, excluding NO2 is 1. The minimum Gasteiger partial charge on any atom is -0.380 e. The smallest absolute Gasteiger partial charge is 0.254 e. The van der Waals surface area contributed by atoms with E-state index in [1.54, 1.807) is 9.80 Å². The van der Waals surface area contributed by atoms with E-state index in [4.69, 9.17) is 0 Å². The maximum Gasteiger partial charge on any atom is 0.254 e. The van der Waals surface area contributed by atoms with Crippen LogP contribution in [0.2, 0.25) is 0 Å². The van der Waals surface area contributed by atoms with Crippen LogP contribution in [0, 0.1) is 4.91 Å². The molecule has 1 saturated heterocycles. The molecule has 1 aliphatic heterocycles. The summed E-state index contributed by atoms with van der Waals surface area (Å²) in [6, 6.07) is 13.5. The largest absolute Gasteiger partial charge is 0.380 e. The molecular weight excluding hydrogens is 432 g/mol. The van der Waals surface area contributed by atoms with Crippen LogP contribution in [0.4, 0.5) is 5.69 Å². The first-order valence-electron chi connectivity index (χ1n) is 11.9. The van der Waals surface area contributed by atoms with Gasteiger partial charge in [-0.05, 0) is 54.7 Å². The van der Waals surface area contributed by atoms with Crippen molar-refractivity contribution in [2.45, 2.75) is 38.3 Å². The molecule has 2 aromatic carbocycles. The normalized spacial score (nSPS) is 16.8. The molecule has 0 aromatic heterocycles. The van der Waals surface area contributed by atoms with E-state index < -0.39 is 5.60 Å². The van der Waals surface area contributed by atoms with Gasteiger partial charge in [0.15, 0.2) is 0 Å². The van der Waals surface area contributed by atoms with Gasteiger partial charge in [-0.15, -0.1) is 0 Å². The molecule has 2 amide bonds. The Kier molecular flexibility index (Phi) is 6.97. The number of amides is 2. The third kappa shape index (κ3) is 4.97. The summed E-state index contributed by atoms with van der Waals surface area (Å²) < 4.78 is 0. The lowest BCUT2D eigenvalue weighted by Crippen LogP contribution is -2.53. The molecule has 4 rings (SSSR count). The van der Waals surface area contributed by atoms with E-state index in [-0.39, 0.29) is 18.4 Å². The molecule has 34 heavy (non-hydrogen) atoms. The summed E-state index contributed by atoms with van der Waals surface area (Å²) in [5, 5.41) is 13.1. The number of hydrogen-bond donors (Lipinski definition) is 1. The third-order valence-electron chi connectivity index (χ3n) is 6.73. The van der Waals surface area contributed by atoms with E-state index in [1.165, 1.54) is 0 Å². The molecule has 180 valence electrons. The fourth-order valence-electron chi connectivity index (χ4n) is 4.52. The van der Waals surface area contributed by atoms with Crippen molar-refractivity contribution in [1.82, 2.24) is 9.80 Å². The van der Waals surface area contributed by atoms with Crippen molar-refractivity contribution in [1.29, 1.82) is 0 Å². The topological polar surface area (TPSA) is 93.5 Å². The molecule has 8 heteroatoms. The fourth-order valence-corrected chi connectivity index (χ4v) is 4.52. The second-order valence-electron chi connectivity index (χ2n) is 9.25. The number of piperazine rings is 1. The van der Waals surface area contributed by atoms with Crippen molar-refractivity contribution in [3.05, 3.63) is 58.5 Å². The van der Waals surface area contributed by atoms with Gasteiger partial charge in [-0.3, -0.25) is 9.59 Å². The molecule has 1 saturated carbocycles. The van der Waals surface area contributed by atoms with Crippen LogP contribution in [-0.2, 0) is 11.3 Å². The Bertz CT molecular complexity index is 1060. The average Bonchev–Trinajstić information content (AvgIpc) is 3.62. The van der Waals surface area contributed by atoms with Gasteiger partial charge >= 0.3 is 0 Å². The Balaban J connectivity index is 1.43. The first-order valence-corrected chi connectivity index (χ1v) is 11.9. The predicted octanol–water partition coefficient (Wildman–Crippen LogP) is 3.28. The summed E-state index contributed by atoms with van der Waals surface area (Å²) in [5.41, 5.74) is 3.25. The van der Waals surface area contributed by atoms with Gasteiger partial charge in [-0.2, -0.15) is 4.91 Å². The van der Waals surface area contributed by atoms with E-state index >= 15 is 0 Å².